The first-order valence-corrected chi connectivity index (χ1v) is 10.7. The number of piperidine rings is 1. The van der Waals surface area contributed by atoms with Crippen LogP contribution < -0.4 is 0 Å². The van der Waals surface area contributed by atoms with Crippen LogP contribution in [0.3, 0.4) is 0 Å². The second-order valence-corrected chi connectivity index (χ2v) is 8.35. The number of amides is 1. The Morgan fingerprint density at radius 2 is 1.75 bits per heavy atom. The van der Waals surface area contributed by atoms with Crippen molar-refractivity contribution in [3.8, 4) is 0 Å². The Labute approximate surface area is 168 Å². The fourth-order valence-corrected chi connectivity index (χ4v) is 4.82. The van der Waals surface area contributed by atoms with Gasteiger partial charge in [-0.25, -0.2) is 0 Å². The predicted molar refractivity (Wildman–Crippen MR) is 112 cm³/mol. The molecular weight excluding hydrogens is 346 g/mol. The summed E-state index contributed by atoms with van der Waals surface area (Å²) in [7, 11) is 0. The number of aromatic nitrogens is 1. The van der Waals surface area contributed by atoms with Crippen LogP contribution in [0, 0.1) is 18.8 Å². The zero-order valence-corrected chi connectivity index (χ0v) is 16.9. The molecule has 2 aliphatic heterocycles. The van der Waals surface area contributed by atoms with E-state index in [4.69, 9.17) is 0 Å². The number of pyridine rings is 1. The van der Waals surface area contributed by atoms with Crippen molar-refractivity contribution in [3.05, 3.63) is 65.5 Å². The van der Waals surface area contributed by atoms with E-state index in [1.165, 1.54) is 31.5 Å². The Morgan fingerprint density at radius 3 is 2.50 bits per heavy atom. The van der Waals surface area contributed by atoms with Crippen LogP contribution in [-0.4, -0.2) is 53.4 Å². The van der Waals surface area contributed by atoms with Gasteiger partial charge >= 0.3 is 0 Å². The topological polar surface area (TPSA) is 36.4 Å². The molecule has 0 aliphatic carbocycles. The lowest BCUT2D eigenvalue weighted by Gasteiger charge is -2.34. The van der Waals surface area contributed by atoms with Crippen molar-refractivity contribution in [2.75, 3.05) is 32.7 Å². The van der Waals surface area contributed by atoms with Crippen LogP contribution in [-0.2, 0) is 6.42 Å². The lowest BCUT2D eigenvalue weighted by atomic mass is 9.83. The zero-order valence-electron chi connectivity index (χ0n) is 16.9. The van der Waals surface area contributed by atoms with Crippen LogP contribution in [0.25, 0.3) is 0 Å². The highest BCUT2D eigenvalue weighted by Gasteiger charge is 2.34. The second-order valence-electron chi connectivity index (χ2n) is 8.35. The third kappa shape index (κ3) is 4.44. The zero-order chi connectivity index (χ0) is 19.3. The molecule has 2 fully saturated rings. The number of carbonyl (C=O) groups is 1. The lowest BCUT2D eigenvalue weighted by molar-refractivity contribution is 0.0773. The van der Waals surface area contributed by atoms with E-state index in [0.29, 0.717) is 5.92 Å². The minimum absolute atomic E-state index is 0.161. The second kappa shape index (κ2) is 8.87. The van der Waals surface area contributed by atoms with E-state index in [0.717, 1.165) is 49.7 Å². The smallest absolute Gasteiger partial charge is 0.255 e. The number of benzene rings is 1. The fourth-order valence-electron chi connectivity index (χ4n) is 4.82. The lowest BCUT2D eigenvalue weighted by Crippen LogP contribution is -2.38. The van der Waals surface area contributed by atoms with Gasteiger partial charge in [-0.15, -0.1) is 0 Å². The van der Waals surface area contributed by atoms with Gasteiger partial charge in [0.25, 0.3) is 5.91 Å². The monoisotopic (exact) mass is 377 g/mol. The van der Waals surface area contributed by atoms with Gasteiger partial charge < -0.3 is 9.80 Å². The number of hydrogen-bond acceptors (Lipinski definition) is 3. The minimum Gasteiger partial charge on any atom is -0.338 e. The Hall–Kier alpha value is -2.20. The summed E-state index contributed by atoms with van der Waals surface area (Å²) >= 11 is 0. The third-order valence-corrected chi connectivity index (χ3v) is 6.61. The van der Waals surface area contributed by atoms with Gasteiger partial charge in [0.1, 0.15) is 0 Å². The molecule has 3 heterocycles. The minimum atomic E-state index is 0.161. The van der Waals surface area contributed by atoms with Gasteiger partial charge in [0.05, 0.1) is 5.56 Å². The number of rotatable bonds is 5. The average molecular weight is 378 g/mol. The molecule has 2 saturated heterocycles. The van der Waals surface area contributed by atoms with Crippen molar-refractivity contribution < 1.29 is 4.79 Å². The SMILES string of the molecule is Cc1ncccc1C(=O)N1CC[C@@H](C2CCN(CCc3ccccc3)CC2)C1. The Bertz CT molecular complexity index is 783. The largest absolute Gasteiger partial charge is 0.338 e. The van der Waals surface area contributed by atoms with Crippen LogP contribution in [0.1, 0.15) is 40.9 Å². The van der Waals surface area contributed by atoms with Crippen molar-refractivity contribution in [3.63, 3.8) is 0 Å². The van der Waals surface area contributed by atoms with E-state index in [-0.39, 0.29) is 5.91 Å². The number of nitrogens with zero attached hydrogens (tertiary/aromatic N) is 3. The molecule has 4 rings (SSSR count). The molecule has 1 atom stereocenters. The van der Waals surface area contributed by atoms with Crippen molar-refractivity contribution in [2.45, 2.75) is 32.6 Å². The summed E-state index contributed by atoms with van der Waals surface area (Å²) in [5, 5.41) is 0. The highest BCUT2D eigenvalue weighted by molar-refractivity contribution is 5.95. The maximum atomic E-state index is 12.8. The van der Waals surface area contributed by atoms with Crippen molar-refractivity contribution in [1.29, 1.82) is 0 Å². The van der Waals surface area contributed by atoms with Crippen molar-refractivity contribution in [2.24, 2.45) is 11.8 Å². The summed E-state index contributed by atoms with van der Waals surface area (Å²) in [5.41, 5.74) is 3.03. The number of carbonyl (C=O) groups excluding carboxylic acids is 1. The molecule has 4 nitrogen and oxygen atoms in total. The highest BCUT2D eigenvalue weighted by atomic mass is 16.2. The summed E-state index contributed by atoms with van der Waals surface area (Å²) in [6, 6.07) is 14.5. The van der Waals surface area contributed by atoms with Gasteiger partial charge in [-0.3, -0.25) is 9.78 Å². The first kappa shape index (κ1) is 19.1. The fraction of sp³-hybridized carbons (Fsp3) is 0.500. The normalized spacial score (nSPS) is 21.2. The van der Waals surface area contributed by atoms with Crippen molar-refractivity contribution in [1.82, 2.24) is 14.8 Å². The summed E-state index contributed by atoms with van der Waals surface area (Å²) in [6.45, 7) is 7.29. The molecule has 0 radical (unpaired) electrons. The molecular formula is C24H31N3O. The first-order valence-electron chi connectivity index (χ1n) is 10.7. The average Bonchev–Trinajstić information content (AvgIpc) is 3.23. The van der Waals surface area contributed by atoms with E-state index in [9.17, 15) is 4.79 Å². The molecule has 28 heavy (non-hydrogen) atoms. The standard InChI is InChI=1S/C24H31N3O/c1-19-23(8-5-13-25-19)24(28)27-17-12-22(18-27)21-10-15-26(16-11-21)14-9-20-6-3-2-4-7-20/h2-8,13,21-22H,9-12,14-18H2,1H3/t22-/m1/s1. The molecule has 1 aromatic heterocycles. The third-order valence-electron chi connectivity index (χ3n) is 6.61. The van der Waals surface area contributed by atoms with Crippen LogP contribution in [0.4, 0.5) is 0 Å². The van der Waals surface area contributed by atoms with E-state index < -0.39 is 0 Å². The van der Waals surface area contributed by atoms with Crippen LogP contribution in [0.2, 0.25) is 0 Å². The van der Waals surface area contributed by atoms with Crippen LogP contribution in [0.5, 0.6) is 0 Å². The van der Waals surface area contributed by atoms with Gasteiger partial charge in [0, 0.05) is 31.5 Å². The van der Waals surface area contributed by atoms with Gasteiger partial charge in [-0.05, 0) is 75.2 Å². The molecule has 2 aliphatic rings. The van der Waals surface area contributed by atoms with E-state index in [1.54, 1.807) is 6.20 Å². The number of aryl methyl sites for hydroxylation is 1. The summed E-state index contributed by atoms with van der Waals surface area (Å²) in [6.07, 6.45) is 6.59. The molecule has 0 saturated carbocycles. The Morgan fingerprint density at radius 1 is 1.00 bits per heavy atom. The van der Waals surface area contributed by atoms with E-state index in [2.05, 4.69) is 45.1 Å². The van der Waals surface area contributed by atoms with Crippen molar-refractivity contribution >= 4 is 5.91 Å². The molecule has 4 heteroatoms. The molecule has 148 valence electrons. The van der Waals surface area contributed by atoms with Gasteiger partial charge in [-0.1, -0.05) is 30.3 Å². The van der Waals surface area contributed by atoms with Crippen LogP contribution >= 0.6 is 0 Å². The Kier molecular flexibility index (Phi) is 6.06. The predicted octanol–water partition coefficient (Wildman–Crippen LogP) is 3.81. The molecule has 0 bridgehead atoms. The van der Waals surface area contributed by atoms with E-state index in [1.807, 2.05) is 19.1 Å². The maximum absolute atomic E-state index is 12.8. The van der Waals surface area contributed by atoms with Gasteiger partial charge in [0.15, 0.2) is 0 Å². The number of hydrogen-bond donors (Lipinski definition) is 0. The quantitative estimate of drug-likeness (QED) is 0.795. The summed E-state index contributed by atoms with van der Waals surface area (Å²) < 4.78 is 0. The molecule has 0 unspecified atom stereocenters. The van der Waals surface area contributed by atoms with E-state index >= 15 is 0 Å². The molecule has 0 N–H and O–H groups in total. The van der Waals surface area contributed by atoms with Gasteiger partial charge in [0.2, 0.25) is 0 Å². The molecule has 1 aromatic carbocycles. The maximum Gasteiger partial charge on any atom is 0.255 e. The Balaban J connectivity index is 1.24. The summed E-state index contributed by atoms with van der Waals surface area (Å²) in [4.78, 5) is 21.8. The number of likely N-dealkylation sites (tertiary alicyclic amines) is 2. The summed E-state index contributed by atoms with van der Waals surface area (Å²) in [5.74, 6) is 1.59. The first-order chi connectivity index (χ1) is 13.7. The molecule has 1 amide bonds. The highest BCUT2D eigenvalue weighted by Crippen LogP contribution is 2.32. The van der Waals surface area contributed by atoms with Crippen LogP contribution in [0.15, 0.2) is 48.7 Å². The molecule has 0 spiro atoms. The molecule has 2 aromatic rings. The van der Waals surface area contributed by atoms with Gasteiger partial charge in [-0.2, -0.15) is 0 Å².